The molecule has 0 aromatic rings. The molecule has 2 nitrogen and oxygen atoms in total. The Morgan fingerprint density at radius 3 is 2.31 bits per heavy atom. The molecule has 1 aliphatic rings. The Hall–Kier alpha value is -0.0800. The topological polar surface area (TPSA) is 32.3 Å². The van der Waals surface area contributed by atoms with Crippen molar-refractivity contribution in [2.75, 3.05) is 19.7 Å². The monoisotopic (exact) mass is 185 g/mol. The largest absolute Gasteiger partial charge is 0.396 e. The van der Waals surface area contributed by atoms with Gasteiger partial charge < -0.3 is 10.4 Å². The first-order valence-corrected chi connectivity index (χ1v) is 5.29. The molecule has 0 atom stereocenters. The summed E-state index contributed by atoms with van der Waals surface area (Å²) in [6.45, 7) is 9.20. The predicted octanol–water partition coefficient (Wildman–Crippen LogP) is 1.78. The molecule has 0 aromatic carbocycles. The molecule has 0 unspecified atom stereocenters. The van der Waals surface area contributed by atoms with Crippen molar-refractivity contribution in [3.05, 3.63) is 0 Å². The van der Waals surface area contributed by atoms with Gasteiger partial charge in [0.05, 0.1) is 0 Å². The van der Waals surface area contributed by atoms with Crippen molar-refractivity contribution in [3.8, 4) is 0 Å². The van der Waals surface area contributed by atoms with E-state index in [1.165, 1.54) is 19.3 Å². The van der Waals surface area contributed by atoms with Crippen LogP contribution < -0.4 is 5.32 Å². The summed E-state index contributed by atoms with van der Waals surface area (Å²) in [4.78, 5) is 0. The third-order valence-electron chi connectivity index (χ3n) is 2.84. The second kappa shape index (κ2) is 3.97. The number of rotatable bonds is 5. The summed E-state index contributed by atoms with van der Waals surface area (Å²) in [5, 5.41) is 12.5. The molecule has 1 fully saturated rings. The lowest BCUT2D eigenvalue weighted by molar-refractivity contribution is 0.206. The fourth-order valence-electron chi connectivity index (χ4n) is 1.38. The maximum absolute atomic E-state index is 9.08. The van der Waals surface area contributed by atoms with E-state index in [0.29, 0.717) is 12.0 Å². The van der Waals surface area contributed by atoms with E-state index in [1.807, 2.05) is 0 Å². The molecule has 1 saturated carbocycles. The lowest BCUT2D eigenvalue weighted by Gasteiger charge is -2.19. The Balaban J connectivity index is 2.02. The van der Waals surface area contributed by atoms with Crippen LogP contribution in [0.1, 0.15) is 40.0 Å². The van der Waals surface area contributed by atoms with Crippen molar-refractivity contribution in [2.24, 2.45) is 10.8 Å². The molecule has 1 rings (SSSR count). The first-order valence-electron chi connectivity index (χ1n) is 5.29. The summed E-state index contributed by atoms with van der Waals surface area (Å²) in [7, 11) is 0. The molecule has 0 heterocycles. The maximum Gasteiger partial charge on any atom is 0.0499 e. The second-order valence-electron chi connectivity index (χ2n) is 5.65. The Morgan fingerprint density at radius 1 is 1.31 bits per heavy atom. The van der Waals surface area contributed by atoms with Gasteiger partial charge in [0.15, 0.2) is 0 Å². The van der Waals surface area contributed by atoms with Crippen LogP contribution in [0.2, 0.25) is 0 Å². The van der Waals surface area contributed by atoms with Crippen LogP contribution in [0.5, 0.6) is 0 Å². The summed E-state index contributed by atoms with van der Waals surface area (Å²) in [6, 6.07) is 0. The van der Waals surface area contributed by atoms with E-state index in [2.05, 4.69) is 26.1 Å². The molecular formula is C11H23NO. The Bertz CT molecular complexity index is 156. The summed E-state index contributed by atoms with van der Waals surface area (Å²) >= 11 is 0. The predicted molar refractivity (Wildman–Crippen MR) is 55.7 cm³/mol. The summed E-state index contributed by atoms with van der Waals surface area (Å²) in [5.41, 5.74) is 0.681. The first-order chi connectivity index (χ1) is 5.97. The van der Waals surface area contributed by atoms with Crippen molar-refractivity contribution in [1.29, 1.82) is 0 Å². The second-order valence-corrected chi connectivity index (χ2v) is 5.65. The molecule has 0 radical (unpaired) electrons. The first kappa shape index (κ1) is 11.0. The molecule has 13 heavy (non-hydrogen) atoms. The molecule has 1 aliphatic carbocycles. The van der Waals surface area contributed by atoms with Crippen molar-refractivity contribution in [2.45, 2.75) is 40.0 Å². The molecule has 0 aliphatic heterocycles. The smallest absolute Gasteiger partial charge is 0.0499 e. The number of hydrogen-bond donors (Lipinski definition) is 2. The molecule has 78 valence electrons. The summed E-state index contributed by atoms with van der Waals surface area (Å²) < 4.78 is 0. The van der Waals surface area contributed by atoms with Crippen LogP contribution in [0.25, 0.3) is 0 Å². The van der Waals surface area contributed by atoms with E-state index in [-0.39, 0.29) is 5.41 Å². The van der Waals surface area contributed by atoms with Gasteiger partial charge in [0.25, 0.3) is 0 Å². The van der Waals surface area contributed by atoms with Gasteiger partial charge in [0.2, 0.25) is 0 Å². The summed E-state index contributed by atoms with van der Waals surface area (Å²) in [6.07, 6.45) is 3.60. The molecule has 0 spiro atoms. The third-order valence-corrected chi connectivity index (χ3v) is 2.84. The van der Waals surface area contributed by atoms with Gasteiger partial charge in [0.1, 0.15) is 0 Å². The molecular weight excluding hydrogens is 162 g/mol. The fourth-order valence-corrected chi connectivity index (χ4v) is 1.38. The molecule has 2 N–H and O–H groups in total. The molecule has 0 bridgehead atoms. The van der Waals surface area contributed by atoms with Crippen molar-refractivity contribution in [1.82, 2.24) is 5.32 Å². The minimum atomic E-state index is 0.262. The van der Waals surface area contributed by atoms with Gasteiger partial charge in [-0.15, -0.1) is 0 Å². The van der Waals surface area contributed by atoms with Crippen LogP contribution in [0, 0.1) is 10.8 Å². The fraction of sp³-hybridized carbons (Fsp3) is 1.00. The highest BCUT2D eigenvalue weighted by Crippen LogP contribution is 2.44. The number of aliphatic hydroxyl groups excluding tert-OH is 1. The minimum Gasteiger partial charge on any atom is -0.396 e. The lowest BCUT2D eigenvalue weighted by Crippen LogP contribution is -2.29. The van der Waals surface area contributed by atoms with Crippen molar-refractivity contribution < 1.29 is 5.11 Å². The van der Waals surface area contributed by atoms with Gasteiger partial charge in [-0.3, -0.25) is 0 Å². The zero-order valence-corrected chi connectivity index (χ0v) is 9.19. The van der Waals surface area contributed by atoms with E-state index < -0.39 is 0 Å². The highest BCUT2D eigenvalue weighted by Gasteiger charge is 2.41. The van der Waals surface area contributed by atoms with Crippen LogP contribution >= 0.6 is 0 Å². The SMILES string of the molecule is CC(C)(C)CCNCC1(CO)CC1. The Morgan fingerprint density at radius 2 is 1.92 bits per heavy atom. The maximum atomic E-state index is 9.08. The van der Waals surface area contributed by atoms with Gasteiger partial charge in [-0.05, 0) is 31.2 Å². The van der Waals surface area contributed by atoms with E-state index in [9.17, 15) is 0 Å². The zero-order chi connectivity index (χ0) is 9.95. The number of hydrogen-bond acceptors (Lipinski definition) is 2. The Labute approximate surface area is 81.7 Å². The molecule has 0 saturated heterocycles. The van der Waals surface area contributed by atoms with Crippen LogP contribution in [0.3, 0.4) is 0 Å². The van der Waals surface area contributed by atoms with Crippen molar-refractivity contribution in [3.63, 3.8) is 0 Å². The van der Waals surface area contributed by atoms with E-state index in [4.69, 9.17) is 5.11 Å². The van der Waals surface area contributed by atoms with Gasteiger partial charge >= 0.3 is 0 Å². The highest BCUT2D eigenvalue weighted by molar-refractivity contribution is 4.94. The standard InChI is InChI=1S/C11H23NO/c1-10(2,3)6-7-12-8-11(9-13)4-5-11/h12-13H,4-9H2,1-3H3. The minimum absolute atomic E-state index is 0.262. The van der Waals surface area contributed by atoms with E-state index in [0.717, 1.165) is 13.1 Å². The number of aliphatic hydroxyl groups is 1. The Kier molecular flexibility index (Phi) is 3.36. The molecule has 0 amide bonds. The van der Waals surface area contributed by atoms with Crippen LogP contribution in [0.4, 0.5) is 0 Å². The van der Waals surface area contributed by atoms with Gasteiger partial charge in [-0.2, -0.15) is 0 Å². The van der Waals surface area contributed by atoms with Crippen LogP contribution in [-0.2, 0) is 0 Å². The molecule has 2 heteroatoms. The summed E-state index contributed by atoms with van der Waals surface area (Å²) in [5.74, 6) is 0. The highest BCUT2D eigenvalue weighted by atomic mass is 16.3. The van der Waals surface area contributed by atoms with Gasteiger partial charge in [-0.25, -0.2) is 0 Å². The van der Waals surface area contributed by atoms with Gasteiger partial charge in [-0.1, -0.05) is 20.8 Å². The average molecular weight is 185 g/mol. The van der Waals surface area contributed by atoms with E-state index >= 15 is 0 Å². The lowest BCUT2D eigenvalue weighted by atomic mass is 9.92. The zero-order valence-electron chi connectivity index (χ0n) is 9.19. The average Bonchev–Trinajstić information content (AvgIpc) is 2.78. The molecule has 0 aromatic heterocycles. The van der Waals surface area contributed by atoms with E-state index in [1.54, 1.807) is 0 Å². The number of nitrogens with one attached hydrogen (secondary N) is 1. The van der Waals surface area contributed by atoms with Gasteiger partial charge in [0, 0.05) is 18.6 Å². The van der Waals surface area contributed by atoms with Crippen LogP contribution in [0.15, 0.2) is 0 Å². The normalized spacial score (nSPS) is 20.3. The van der Waals surface area contributed by atoms with Crippen LogP contribution in [-0.4, -0.2) is 24.8 Å². The van der Waals surface area contributed by atoms with Crippen molar-refractivity contribution >= 4 is 0 Å². The quantitative estimate of drug-likeness (QED) is 0.640. The third kappa shape index (κ3) is 4.10.